The number of hydrogen-bond acceptors (Lipinski definition) is 3. The molecule has 0 aliphatic heterocycles. The molecule has 1 aromatic carbocycles. The first-order chi connectivity index (χ1) is 8.87. The SMILES string of the molecule is CCOC(=O)Cc1c(CC)cccc1OC(F)(F)F. The Morgan fingerprint density at radius 2 is 1.95 bits per heavy atom. The molecule has 3 nitrogen and oxygen atoms in total. The molecule has 1 rings (SSSR count). The summed E-state index contributed by atoms with van der Waals surface area (Å²) in [4.78, 5) is 11.4. The molecule has 0 atom stereocenters. The number of halogens is 3. The van der Waals surface area contributed by atoms with E-state index in [0.717, 1.165) is 0 Å². The fraction of sp³-hybridized carbons (Fsp3) is 0.462. The molecule has 0 bridgehead atoms. The first-order valence-electron chi connectivity index (χ1n) is 5.89. The third kappa shape index (κ3) is 4.81. The van der Waals surface area contributed by atoms with Crippen molar-refractivity contribution in [3.05, 3.63) is 29.3 Å². The van der Waals surface area contributed by atoms with Gasteiger partial charge < -0.3 is 9.47 Å². The van der Waals surface area contributed by atoms with Crippen molar-refractivity contribution in [2.24, 2.45) is 0 Å². The number of aryl methyl sites for hydroxylation is 1. The lowest BCUT2D eigenvalue weighted by atomic mass is 10.0. The van der Waals surface area contributed by atoms with Crippen molar-refractivity contribution in [2.75, 3.05) is 6.61 Å². The van der Waals surface area contributed by atoms with E-state index in [9.17, 15) is 18.0 Å². The van der Waals surface area contributed by atoms with Crippen LogP contribution in [0.3, 0.4) is 0 Å². The maximum Gasteiger partial charge on any atom is 0.573 e. The highest BCUT2D eigenvalue weighted by Gasteiger charge is 2.32. The molecule has 0 amide bonds. The summed E-state index contributed by atoms with van der Waals surface area (Å²) in [6.45, 7) is 3.61. The first-order valence-corrected chi connectivity index (χ1v) is 5.89. The maximum atomic E-state index is 12.3. The van der Waals surface area contributed by atoms with Crippen molar-refractivity contribution in [3.8, 4) is 5.75 Å². The zero-order valence-corrected chi connectivity index (χ0v) is 10.7. The summed E-state index contributed by atoms with van der Waals surface area (Å²) in [5, 5.41) is 0. The van der Waals surface area contributed by atoms with E-state index in [1.54, 1.807) is 19.9 Å². The van der Waals surface area contributed by atoms with Gasteiger partial charge >= 0.3 is 12.3 Å². The maximum absolute atomic E-state index is 12.3. The molecule has 0 N–H and O–H groups in total. The van der Waals surface area contributed by atoms with Gasteiger partial charge in [-0.1, -0.05) is 19.1 Å². The van der Waals surface area contributed by atoms with Gasteiger partial charge in [0.2, 0.25) is 0 Å². The summed E-state index contributed by atoms with van der Waals surface area (Å²) in [5.41, 5.74) is 0.857. The molecule has 0 saturated heterocycles. The van der Waals surface area contributed by atoms with Crippen molar-refractivity contribution in [1.29, 1.82) is 0 Å². The van der Waals surface area contributed by atoms with Crippen LogP contribution in [0.1, 0.15) is 25.0 Å². The minimum atomic E-state index is -4.78. The van der Waals surface area contributed by atoms with Crippen molar-refractivity contribution < 1.29 is 27.4 Å². The van der Waals surface area contributed by atoms with Crippen molar-refractivity contribution in [1.82, 2.24) is 0 Å². The zero-order chi connectivity index (χ0) is 14.5. The molecule has 6 heteroatoms. The van der Waals surface area contributed by atoms with Crippen LogP contribution in [-0.2, 0) is 22.4 Å². The molecule has 1 aromatic rings. The minimum Gasteiger partial charge on any atom is -0.466 e. The Balaban J connectivity index is 3.06. The molecule has 106 valence electrons. The lowest BCUT2D eigenvalue weighted by Crippen LogP contribution is -2.19. The number of benzene rings is 1. The van der Waals surface area contributed by atoms with Crippen LogP contribution in [0.15, 0.2) is 18.2 Å². The highest BCUT2D eigenvalue weighted by atomic mass is 19.4. The quantitative estimate of drug-likeness (QED) is 0.774. The molecule has 0 aliphatic carbocycles. The van der Waals surface area contributed by atoms with E-state index >= 15 is 0 Å². The molecule has 19 heavy (non-hydrogen) atoms. The molecular formula is C13H15F3O3. The predicted octanol–water partition coefficient (Wildman–Crippen LogP) is 3.25. The largest absolute Gasteiger partial charge is 0.573 e. The van der Waals surface area contributed by atoms with Crippen LogP contribution in [0.4, 0.5) is 13.2 Å². The third-order valence-electron chi connectivity index (χ3n) is 2.46. The predicted molar refractivity (Wildman–Crippen MR) is 62.8 cm³/mol. The highest BCUT2D eigenvalue weighted by molar-refractivity contribution is 5.74. The van der Waals surface area contributed by atoms with Crippen LogP contribution in [0.25, 0.3) is 0 Å². The topological polar surface area (TPSA) is 35.5 Å². The Morgan fingerprint density at radius 1 is 1.26 bits per heavy atom. The van der Waals surface area contributed by atoms with E-state index in [-0.39, 0.29) is 24.3 Å². The van der Waals surface area contributed by atoms with Gasteiger partial charge in [0.15, 0.2) is 0 Å². The summed E-state index contributed by atoms with van der Waals surface area (Å²) < 4.78 is 45.6. The summed E-state index contributed by atoms with van der Waals surface area (Å²) in [6, 6.07) is 4.33. The van der Waals surface area contributed by atoms with E-state index in [1.165, 1.54) is 12.1 Å². The van der Waals surface area contributed by atoms with E-state index in [1.807, 2.05) is 0 Å². The number of hydrogen-bond donors (Lipinski definition) is 0. The average Bonchev–Trinajstić information content (AvgIpc) is 2.29. The average molecular weight is 276 g/mol. The lowest BCUT2D eigenvalue weighted by Gasteiger charge is -2.15. The second-order valence-electron chi connectivity index (χ2n) is 3.78. The van der Waals surface area contributed by atoms with Crippen LogP contribution < -0.4 is 4.74 Å². The molecule has 0 unspecified atom stereocenters. The van der Waals surface area contributed by atoms with E-state index in [2.05, 4.69) is 4.74 Å². The lowest BCUT2D eigenvalue weighted by molar-refractivity contribution is -0.275. The van der Waals surface area contributed by atoms with Crippen LogP contribution in [-0.4, -0.2) is 18.9 Å². The van der Waals surface area contributed by atoms with Gasteiger partial charge in [0.1, 0.15) is 5.75 Å². The number of alkyl halides is 3. The minimum absolute atomic E-state index is 0.183. The molecule has 0 saturated carbocycles. The highest BCUT2D eigenvalue weighted by Crippen LogP contribution is 2.29. The number of ether oxygens (including phenoxy) is 2. The molecule has 0 spiro atoms. The van der Waals surface area contributed by atoms with Gasteiger partial charge in [-0.3, -0.25) is 4.79 Å². The summed E-state index contributed by atoms with van der Waals surface area (Å²) in [7, 11) is 0. The Labute approximate surface area is 109 Å². The molecular weight excluding hydrogens is 261 g/mol. The monoisotopic (exact) mass is 276 g/mol. The molecule has 0 radical (unpaired) electrons. The van der Waals surface area contributed by atoms with Gasteiger partial charge in [-0.05, 0) is 25.0 Å². The summed E-state index contributed by atoms with van der Waals surface area (Å²) >= 11 is 0. The number of carbonyl (C=O) groups excluding carboxylic acids is 1. The Morgan fingerprint density at radius 3 is 2.47 bits per heavy atom. The van der Waals surface area contributed by atoms with Gasteiger partial charge in [0.25, 0.3) is 0 Å². The van der Waals surface area contributed by atoms with Gasteiger partial charge in [-0.25, -0.2) is 0 Å². The Kier molecular flexibility index (Phi) is 5.20. The number of rotatable bonds is 5. The van der Waals surface area contributed by atoms with Gasteiger partial charge in [-0.2, -0.15) is 0 Å². The van der Waals surface area contributed by atoms with Crippen molar-refractivity contribution >= 4 is 5.97 Å². The van der Waals surface area contributed by atoms with Crippen molar-refractivity contribution in [3.63, 3.8) is 0 Å². The van der Waals surface area contributed by atoms with Crippen LogP contribution in [0, 0.1) is 0 Å². The second-order valence-corrected chi connectivity index (χ2v) is 3.78. The Bertz CT molecular complexity index is 441. The van der Waals surface area contributed by atoms with Gasteiger partial charge in [0.05, 0.1) is 13.0 Å². The molecule has 0 aliphatic rings. The van der Waals surface area contributed by atoms with Crippen LogP contribution in [0.2, 0.25) is 0 Å². The standard InChI is InChI=1S/C13H15F3O3/c1-3-9-6-5-7-11(19-13(14,15)16)10(9)8-12(17)18-4-2/h5-7H,3-4,8H2,1-2H3. The normalized spacial score (nSPS) is 11.2. The van der Waals surface area contributed by atoms with Crippen molar-refractivity contribution in [2.45, 2.75) is 33.1 Å². The van der Waals surface area contributed by atoms with Gasteiger partial charge in [0, 0.05) is 5.56 Å². The third-order valence-corrected chi connectivity index (χ3v) is 2.46. The zero-order valence-electron chi connectivity index (χ0n) is 10.7. The Hall–Kier alpha value is -1.72. The first kappa shape index (κ1) is 15.3. The smallest absolute Gasteiger partial charge is 0.466 e. The van der Waals surface area contributed by atoms with E-state index in [0.29, 0.717) is 12.0 Å². The molecule has 0 aromatic heterocycles. The molecule has 0 heterocycles. The van der Waals surface area contributed by atoms with E-state index in [4.69, 9.17) is 4.74 Å². The van der Waals surface area contributed by atoms with Crippen LogP contribution in [0.5, 0.6) is 5.75 Å². The second kappa shape index (κ2) is 6.45. The van der Waals surface area contributed by atoms with Gasteiger partial charge in [-0.15, -0.1) is 13.2 Å². The summed E-state index contributed by atoms with van der Waals surface area (Å²) in [6.07, 6.45) is -4.51. The molecule has 0 fully saturated rings. The number of carbonyl (C=O) groups is 1. The van der Waals surface area contributed by atoms with E-state index < -0.39 is 12.3 Å². The number of esters is 1. The fourth-order valence-corrected chi connectivity index (χ4v) is 1.72. The summed E-state index contributed by atoms with van der Waals surface area (Å²) in [5.74, 6) is -0.921. The van der Waals surface area contributed by atoms with Crippen LogP contribution >= 0.6 is 0 Å². The fourth-order valence-electron chi connectivity index (χ4n) is 1.72.